The summed E-state index contributed by atoms with van der Waals surface area (Å²) in [6.45, 7) is 2.83. The van der Waals surface area contributed by atoms with Crippen molar-refractivity contribution in [3.63, 3.8) is 0 Å². The fourth-order valence-corrected chi connectivity index (χ4v) is 2.05. The summed E-state index contributed by atoms with van der Waals surface area (Å²) in [5.74, 6) is 0. The molecule has 0 saturated carbocycles. The Labute approximate surface area is 111 Å². The first-order valence-electron chi connectivity index (χ1n) is 5.41. The van der Waals surface area contributed by atoms with Gasteiger partial charge in [-0.1, -0.05) is 28.1 Å². The zero-order valence-electron chi connectivity index (χ0n) is 9.12. The van der Waals surface area contributed by atoms with E-state index >= 15 is 0 Å². The van der Waals surface area contributed by atoms with Crippen LogP contribution in [0.5, 0.6) is 0 Å². The maximum absolute atomic E-state index is 5.54. The molecule has 1 aromatic rings. The summed E-state index contributed by atoms with van der Waals surface area (Å²) >= 11 is 3.43. The van der Waals surface area contributed by atoms with Crippen LogP contribution in [-0.4, -0.2) is 19.3 Å². The molecule has 0 aromatic heterocycles. The average Bonchev–Trinajstić information content (AvgIpc) is 2.74. The van der Waals surface area contributed by atoms with E-state index in [1.807, 2.05) is 0 Å². The van der Waals surface area contributed by atoms with Gasteiger partial charge in [0.15, 0.2) is 0 Å². The third-order valence-corrected chi connectivity index (χ3v) is 3.17. The molecule has 2 nitrogen and oxygen atoms in total. The fraction of sp³-hybridized carbons (Fsp3) is 0.500. The highest BCUT2D eigenvalue weighted by molar-refractivity contribution is 9.10. The normalized spacial score (nSPS) is 19.4. The topological polar surface area (TPSA) is 21.3 Å². The molecule has 1 atom stereocenters. The van der Waals surface area contributed by atoms with Crippen LogP contribution in [0.15, 0.2) is 28.7 Å². The Morgan fingerprint density at radius 1 is 1.31 bits per heavy atom. The fourth-order valence-electron chi connectivity index (χ4n) is 1.79. The van der Waals surface area contributed by atoms with Crippen LogP contribution >= 0.6 is 28.3 Å². The number of benzene rings is 1. The highest BCUT2D eigenvalue weighted by atomic mass is 79.9. The first-order chi connectivity index (χ1) is 7.34. The molecule has 0 spiro atoms. The highest BCUT2D eigenvalue weighted by Crippen LogP contribution is 2.12. The summed E-state index contributed by atoms with van der Waals surface area (Å²) < 4.78 is 6.67. The van der Waals surface area contributed by atoms with Gasteiger partial charge in [0.1, 0.15) is 0 Å². The largest absolute Gasteiger partial charge is 0.377 e. The van der Waals surface area contributed by atoms with Gasteiger partial charge in [0, 0.05) is 24.2 Å². The molecule has 0 radical (unpaired) electrons. The van der Waals surface area contributed by atoms with Crippen molar-refractivity contribution in [2.45, 2.75) is 25.5 Å². The predicted molar refractivity (Wildman–Crippen MR) is 72.1 cm³/mol. The van der Waals surface area contributed by atoms with Crippen molar-refractivity contribution in [3.05, 3.63) is 34.3 Å². The summed E-state index contributed by atoms with van der Waals surface area (Å²) in [5.41, 5.74) is 1.32. The summed E-state index contributed by atoms with van der Waals surface area (Å²) in [5, 5.41) is 3.42. The van der Waals surface area contributed by atoms with Gasteiger partial charge in [-0.2, -0.15) is 0 Å². The molecule has 1 aliphatic heterocycles. The van der Waals surface area contributed by atoms with Crippen LogP contribution in [0, 0.1) is 0 Å². The van der Waals surface area contributed by atoms with Gasteiger partial charge in [-0.3, -0.25) is 0 Å². The lowest BCUT2D eigenvalue weighted by Gasteiger charge is -2.10. The summed E-state index contributed by atoms with van der Waals surface area (Å²) in [7, 11) is 0. The smallest absolute Gasteiger partial charge is 0.0700 e. The predicted octanol–water partition coefficient (Wildman–Crippen LogP) is 3.14. The number of nitrogens with one attached hydrogen (secondary N) is 1. The van der Waals surface area contributed by atoms with Gasteiger partial charge in [0.25, 0.3) is 0 Å². The van der Waals surface area contributed by atoms with E-state index in [9.17, 15) is 0 Å². The van der Waals surface area contributed by atoms with Crippen molar-refractivity contribution >= 4 is 28.3 Å². The van der Waals surface area contributed by atoms with E-state index in [-0.39, 0.29) is 12.4 Å². The zero-order valence-corrected chi connectivity index (χ0v) is 11.5. The Kier molecular flexibility index (Phi) is 6.36. The molecule has 16 heavy (non-hydrogen) atoms. The zero-order chi connectivity index (χ0) is 10.5. The van der Waals surface area contributed by atoms with Crippen molar-refractivity contribution in [2.75, 3.05) is 13.2 Å². The summed E-state index contributed by atoms with van der Waals surface area (Å²) in [6.07, 6.45) is 2.85. The standard InChI is InChI=1S/C12H16BrNO.ClH/c13-11-5-3-10(4-6-11)8-14-9-12-2-1-7-15-12;/h3-6,12,14H,1-2,7-9H2;1H. The van der Waals surface area contributed by atoms with Crippen LogP contribution < -0.4 is 5.32 Å². The molecule has 1 aliphatic rings. The number of hydrogen-bond donors (Lipinski definition) is 1. The highest BCUT2D eigenvalue weighted by Gasteiger charge is 2.14. The van der Waals surface area contributed by atoms with Gasteiger partial charge < -0.3 is 10.1 Å². The second-order valence-corrected chi connectivity index (χ2v) is 4.81. The van der Waals surface area contributed by atoms with E-state index in [4.69, 9.17) is 4.74 Å². The van der Waals surface area contributed by atoms with E-state index in [2.05, 4.69) is 45.5 Å². The Morgan fingerprint density at radius 2 is 2.06 bits per heavy atom. The van der Waals surface area contributed by atoms with Crippen LogP contribution in [0.4, 0.5) is 0 Å². The molecule has 0 amide bonds. The van der Waals surface area contributed by atoms with Crippen molar-refractivity contribution in [2.24, 2.45) is 0 Å². The first-order valence-corrected chi connectivity index (χ1v) is 6.20. The Balaban J connectivity index is 0.00000128. The molecule has 0 bridgehead atoms. The van der Waals surface area contributed by atoms with Crippen LogP contribution in [0.3, 0.4) is 0 Å². The van der Waals surface area contributed by atoms with Gasteiger partial charge in [0.05, 0.1) is 6.10 Å². The maximum Gasteiger partial charge on any atom is 0.0700 e. The van der Waals surface area contributed by atoms with E-state index < -0.39 is 0 Å². The minimum atomic E-state index is 0. The molecule has 1 aromatic carbocycles. The van der Waals surface area contributed by atoms with E-state index in [0.717, 1.165) is 24.2 Å². The third kappa shape index (κ3) is 4.42. The summed E-state index contributed by atoms with van der Waals surface area (Å²) in [6, 6.07) is 8.41. The van der Waals surface area contributed by atoms with Gasteiger partial charge in [-0.25, -0.2) is 0 Å². The van der Waals surface area contributed by atoms with Crippen molar-refractivity contribution in [1.29, 1.82) is 0 Å². The number of halogens is 2. The Bertz CT molecular complexity index is 298. The van der Waals surface area contributed by atoms with Crippen LogP contribution in [0.1, 0.15) is 18.4 Å². The van der Waals surface area contributed by atoms with Crippen LogP contribution in [-0.2, 0) is 11.3 Å². The van der Waals surface area contributed by atoms with Crippen LogP contribution in [0.25, 0.3) is 0 Å². The molecule has 90 valence electrons. The SMILES string of the molecule is Brc1ccc(CNCC2CCCO2)cc1.Cl. The molecular weight excluding hydrogens is 289 g/mol. The Morgan fingerprint density at radius 3 is 2.69 bits per heavy atom. The van der Waals surface area contributed by atoms with E-state index in [1.54, 1.807) is 0 Å². The minimum absolute atomic E-state index is 0. The van der Waals surface area contributed by atoms with E-state index in [0.29, 0.717) is 6.10 Å². The molecule has 2 rings (SSSR count). The molecule has 0 aliphatic carbocycles. The van der Waals surface area contributed by atoms with Crippen LogP contribution in [0.2, 0.25) is 0 Å². The van der Waals surface area contributed by atoms with Gasteiger partial charge in [-0.05, 0) is 30.5 Å². The maximum atomic E-state index is 5.54. The lowest BCUT2D eigenvalue weighted by molar-refractivity contribution is 0.110. The quantitative estimate of drug-likeness (QED) is 0.923. The second kappa shape index (κ2) is 7.28. The first kappa shape index (κ1) is 14.0. The number of ether oxygens (including phenoxy) is 1. The van der Waals surface area contributed by atoms with Crippen molar-refractivity contribution in [1.82, 2.24) is 5.32 Å². The van der Waals surface area contributed by atoms with Crippen molar-refractivity contribution < 1.29 is 4.74 Å². The molecule has 1 heterocycles. The minimum Gasteiger partial charge on any atom is -0.377 e. The molecule has 1 saturated heterocycles. The molecule has 1 fully saturated rings. The lowest BCUT2D eigenvalue weighted by Crippen LogP contribution is -2.25. The third-order valence-electron chi connectivity index (χ3n) is 2.64. The molecule has 1 unspecified atom stereocenters. The van der Waals surface area contributed by atoms with Crippen molar-refractivity contribution in [3.8, 4) is 0 Å². The monoisotopic (exact) mass is 305 g/mol. The van der Waals surface area contributed by atoms with Gasteiger partial charge in [-0.15, -0.1) is 12.4 Å². The van der Waals surface area contributed by atoms with Gasteiger partial charge >= 0.3 is 0 Å². The number of hydrogen-bond acceptors (Lipinski definition) is 2. The molecule has 1 N–H and O–H groups in total. The number of rotatable bonds is 4. The Hall–Kier alpha value is -0.0900. The molecule has 4 heteroatoms. The average molecular weight is 307 g/mol. The second-order valence-electron chi connectivity index (χ2n) is 3.89. The van der Waals surface area contributed by atoms with Gasteiger partial charge in [0.2, 0.25) is 0 Å². The van der Waals surface area contributed by atoms with E-state index in [1.165, 1.54) is 18.4 Å². The summed E-state index contributed by atoms with van der Waals surface area (Å²) in [4.78, 5) is 0. The molecular formula is C12H17BrClNO. The lowest BCUT2D eigenvalue weighted by atomic mass is 10.2.